The minimum Gasteiger partial charge on any atom is -0.352 e. The van der Waals surface area contributed by atoms with Crippen LogP contribution in [0.5, 0.6) is 0 Å². The van der Waals surface area contributed by atoms with Crippen molar-refractivity contribution < 1.29 is 4.79 Å². The molecule has 1 saturated carbocycles. The number of aromatic nitrogens is 4. The Morgan fingerprint density at radius 3 is 2.58 bits per heavy atom. The van der Waals surface area contributed by atoms with E-state index in [1.54, 1.807) is 0 Å². The van der Waals surface area contributed by atoms with E-state index in [0.717, 1.165) is 35.5 Å². The second-order valence-electron chi connectivity index (χ2n) is 7.67. The van der Waals surface area contributed by atoms with Crippen LogP contribution in [0.15, 0.2) is 12.4 Å². The number of fused-ring (bicyclic) bond motifs is 1. The van der Waals surface area contributed by atoms with Crippen LogP contribution >= 0.6 is 0 Å². The van der Waals surface area contributed by atoms with Gasteiger partial charge < -0.3 is 10.6 Å². The first-order valence-electron chi connectivity index (χ1n) is 9.50. The van der Waals surface area contributed by atoms with E-state index in [-0.39, 0.29) is 17.9 Å². The van der Waals surface area contributed by atoms with Gasteiger partial charge >= 0.3 is 0 Å². The van der Waals surface area contributed by atoms with E-state index < -0.39 is 0 Å². The summed E-state index contributed by atoms with van der Waals surface area (Å²) in [6.07, 6.45) is 8.79. The highest BCUT2D eigenvalue weighted by molar-refractivity contribution is 5.94. The fourth-order valence-corrected chi connectivity index (χ4v) is 4.12. The number of hydrogen-bond donors (Lipinski definition) is 2. The van der Waals surface area contributed by atoms with E-state index in [2.05, 4.69) is 39.1 Å². The molecule has 2 aliphatic rings. The summed E-state index contributed by atoms with van der Waals surface area (Å²) in [5.41, 5.74) is 3.07. The van der Waals surface area contributed by atoms with E-state index in [9.17, 15) is 4.79 Å². The molecule has 0 bridgehead atoms. The molecule has 2 aromatic rings. The van der Waals surface area contributed by atoms with Gasteiger partial charge in [-0.25, -0.2) is 14.6 Å². The molecule has 4 rings (SSSR count). The molecule has 0 aromatic carbocycles. The molecule has 2 N–H and O–H groups in total. The average Bonchev–Trinajstić information content (AvgIpc) is 3.22. The largest absolute Gasteiger partial charge is 0.352 e. The molecule has 3 heterocycles. The molecule has 2 aromatic heterocycles. The summed E-state index contributed by atoms with van der Waals surface area (Å²) >= 11 is 0. The highest BCUT2D eigenvalue weighted by Crippen LogP contribution is 2.42. The molecule has 1 atom stereocenters. The lowest BCUT2D eigenvalue weighted by Crippen LogP contribution is -2.26. The van der Waals surface area contributed by atoms with Crippen molar-refractivity contribution in [3.8, 4) is 0 Å². The number of aryl methyl sites for hydroxylation is 1. The van der Waals surface area contributed by atoms with Gasteiger partial charge in [0, 0.05) is 36.3 Å². The van der Waals surface area contributed by atoms with Gasteiger partial charge in [-0.05, 0) is 39.2 Å². The van der Waals surface area contributed by atoms with E-state index in [1.807, 2.05) is 19.3 Å². The van der Waals surface area contributed by atoms with Crippen molar-refractivity contribution >= 4 is 17.7 Å². The molecule has 0 radical (unpaired) electrons. The molecule has 138 valence electrons. The zero-order chi connectivity index (χ0) is 18.3. The van der Waals surface area contributed by atoms with Crippen molar-refractivity contribution in [2.45, 2.75) is 70.9 Å². The molecule has 1 aliphatic heterocycles. The van der Waals surface area contributed by atoms with Gasteiger partial charge in [-0.1, -0.05) is 12.8 Å². The number of carbonyl (C=O) groups excluding carboxylic acids is 1. The number of carbonyl (C=O) groups is 1. The number of anilines is 2. The van der Waals surface area contributed by atoms with Crippen LogP contribution in [0.1, 0.15) is 74.7 Å². The van der Waals surface area contributed by atoms with Crippen molar-refractivity contribution in [3.05, 3.63) is 29.2 Å². The molecule has 0 saturated heterocycles. The predicted molar refractivity (Wildman–Crippen MR) is 100 cm³/mol. The minimum absolute atomic E-state index is 0.0334. The summed E-state index contributed by atoms with van der Waals surface area (Å²) in [6, 6.07) is 0.671. The maximum absolute atomic E-state index is 12.4. The summed E-state index contributed by atoms with van der Waals surface area (Å²) < 4.78 is 2.05. The van der Waals surface area contributed by atoms with E-state index in [1.165, 1.54) is 12.8 Å². The quantitative estimate of drug-likeness (QED) is 0.879. The smallest absolute Gasteiger partial charge is 0.226 e. The number of hydrogen-bond acceptors (Lipinski definition) is 5. The van der Waals surface area contributed by atoms with Crippen LogP contribution in [0.4, 0.5) is 11.8 Å². The third-order valence-corrected chi connectivity index (χ3v) is 5.29. The van der Waals surface area contributed by atoms with E-state index in [0.29, 0.717) is 18.4 Å². The lowest BCUT2D eigenvalue weighted by atomic mass is 9.87. The van der Waals surface area contributed by atoms with Crippen LogP contribution in [-0.2, 0) is 4.79 Å². The van der Waals surface area contributed by atoms with Gasteiger partial charge in [0.15, 0.2) is 0 Å². The Kier molecular flexibility index (Phi) is 4.38. The molecular weight excluding hydrogens is 328 g/mol. The zero-order valence-electron chi connectivity index (χ0n) is 15.6. The van der Waals surface area contributed by atoms with Crippen molar-refractivity contribution in [1.82, 2.24) is 19.7 Å². The summed E-state index contributed by atoms with van der Waals surface area (Å²) in [5, 5.41) is 11.1. The summed E-state index contributed by atoms with van der Waals surface area (Å²) in [7, 11) is 0. The first kappa shape index (κ1) is 17.0. The molecule has 0 spiro atoms. The summed E-state index contributed by atoms with van der Waals surface area (Å²) in [4.78, 5) is 21.2. The Morgan fingerprint density at radius 1 is 1.23 bits per heavy atom. The van der Waals surface area contributed by atoms with Gasteiger partial charge in [0.25, 0.3) is 0 Å². The van der Waals surface area contributed by atoms with Crippen LogP contribution in [0.25, 0.3) is 0 Å². The number of nitrogens with one attached hydrogen (secondary N) is 2. The van der Waals surface area contributed by atoms with Gasteiger partial charge in [-0.3, -0.25) is 4.79 Å². The van der Waals surface area contributed by atoms with E-state index in [4.69, 9.17) is 5.10 Å². The third kappa shape index (κ3) is 3.06. The minimum atomic E-state index is -0.0398. The Bertz CT molecular complexity index is 804. The Balaban J connectivity index is 1.70. The molecular formula is C19H26N6O. The molecule has 1 amide bonds. The molecule has 7 nitrogen and oxygen atoms in total. The Labute approximate surface area is 153 Å². The lowest BCUT2D eigenvalue weighted by Gasteiger charge is -2.25. The fraction of sp³-hybridized carbons (Fsp3) is 0.579. The number of amides is 1. The maximum atomic E-state index is 12.4. The first-order valence-corrected chi connectivity index (χ1v) is 9.50. The van der Waals surface area contributed by atoms with Crippen molar-refractivity contribution in [2.75, 3.05) is 10.6 Å². The highest BCUT2D eigenvalue weighted by Gasteiger charge is 2.34. The van der Waals surface area contributed by atoms with Gasteiger partial charge in [0.2, 0.25) is 11.9 Å². The summed E-state index contributed by atoms with van der Waals surface area (Å²) in [5.74, 6) is 1.48. The molecule has 0 unspecified atom stereocenters. The van der Waals surface area contributed by atoms with Gasteiger partial charge in [-0.15, -0.1) is 0 Å². The van der Waals surface area contributed by atoms with Gasteiger partial charge in [-0.2, -0.15) is 5.10 Å². The van der Waals surface area contributed by atoms with Crippen LogP contribution in [-0.4, -0.2) is 31.7 Å². The second-order valence-corrected chi connectivity index (χ2v) is 7.67. The monoisotopic (exact) mass is 354 g/mol. The average molecular weight is 354 g/mol. The van der Waals surface area contributed by atoms with Crippen LogP contribution in [0, 0.1) is 6.92 Å². The first-order chi connectivity index (χ1) is 12.5. The van der Waals surface area contributed by atoms with Gasteiger partial charge in [0.05, 0.1) is 11.7 Å². The zero-order valence-corrected chi connectivity index (χ0v) is 15.6. The topological polar surface area (TPSA) is 84.7 Å². The van der Waals surface area contributed by atoms with E-state index >= 15 is 0 Å². The molecule has 1 aliphatic carbocycles. The van der Waals surface area contributed by atoms with Crippen molar-refractivity contribution in [1.29, 1.82) is 0 Å². The van der Waals surface area contributed by atoms with Crippen LogP contribution in [0.3, 0.4) is 0 Å². The van der Waals surface area contributed by atoms with Crippen molar-refractivity contribution in [2.24, 2.45) is 0 Å². The normalized spacial score (nSPS) is 20.3. The van der Waals surface area contributed by atoms with Gasteiger partial charge in [0.1, 0.15) is 5.82 Å². The Morgan fingerprint density at radius 2 is 1.92 bits per heavy atom. The van der Waals surface area contributed by atoms with Crippen molar-refractivity contribution in [3.63, 3.8) is 0 Å². The molecule has 7 heteroatoms. The molecule has 26 heavy (non-hydrogen) atoms. The fourth-order valence-electron chi connectivity index (χ4n) is 4.12. The van der Waals surface area contributed by atoms with Crippen LogP contribution in [0.2, 0.25) is 0 Å². The lowest BCUT2D eigenvalue weighted by molar-refractivity contribution is -0.116. The second kappa shape index (κ2) is 6.70. The SMILES string of the molecule is Cc1nn(C2CCCC2)c2c1[C@@H](c1cnc(NC(C)C)nc1)CC(=O)N2. The molecule has 1 fully saturated rings. The standard InChI is InChI=1S/C19H26N6O/c1-11(2)22-19-20-9-13(10-21-19)15-8-16(26)23-18-17(15)12(3)24-25(18)14-6-4-5-7-14/h9-11,14-15H,4-8H2,1-3H3,(H,23,26)(H,20,21,22)/t15-/m1/s1. The third-order valence-electron chi connectivity index (χ3n) is 5.29. The number of nitrogens with zero attached hydrogens (tertiary/aromatic N) is 4. The summed E-state index contributed by atoms with van der Waals surface area (Å²) in [6.45, 7) is 6.13. The Hall–Kier alpha value is -2.44. The number of rotatable bonds is 4. The highest BCUT2D eigenvalue weighted by atomic mass is 16.1. The van der Waals surface area contributed by atoms with Crippen LogP contribution < -0.4 is 10.6 Å². The maximum Gasteiger partial charge on any atom is 0.226 e. The predicted octanol–water partition coefficient (Wildman–Crippen LogP) is 3.39.